The predicted octanol–water partition coefficient (Wildman–Crippen LogP) is 2.32. The molecule has 0 radical (unpaired) electrons. The van der Waals surface area contributed by atoms with Gasteiger partial charge in [-0.25, -0.2) is 0 Å². The highest BCUT2D eigenvalue weighted by Crippen LogP contribution is 2.24. The topological polar surface area (TPSA) is 49.8 Å². The largest absolute Gasteiger partial charge is 0.326 e. The average Bonchev–Trinajstić information content (AvgIpc) is 2.08. The maximum Gasteiger partial charge on any atom is 0.101 e. The van der Waals surface area contributed by atoms with Crippen LogP contribution >= 0.6 is 23.2 Å². The highest BCUT2D eigenvalue weighted by atomic mass is 35.5. The van der Waals surface area contributed by atoms with Crippen LogP contribution in [0.15, 0.2) is 12.1 Å². The zero-order valence-electron chi connectivity index (χ0n) is 6.14. The molecule has 4 heteroatoms. The molecule has 0 fully saturated rings. The van der Waals surface area contributed by atoms with E-state index in [1.165, 1.54) is 6.07 Å². The normalized spacial score (nSPS) is 9.50. The first-order valence-electron chi connectivity index (χ1n) is 3.27. The lowest BCUT2D eigenvalue weighted by Crippen LogP contribution is -1.98. The van der Waals surface area contributed by atoms with E-state index >= 15 is 0 Å². The third kappa shape index (κ3) is 1.70. The van der Waals surface area contributed by atoms with Gasteiger partial charge in [-0.3, -0.25) is 0 Å². The highest BCUT2D eigenvalue weighted by Gasteiger charge is 2.06. The van der Waals surface area contributed by atoms with E-state index < -0.39 is 0 Å². The Morgan fingerprint density at radius 1 is 1.42 bits per heavy atom. The summed E-state index contributed by atoms with van der Waals surface area (Å²) in [5.74, 6) is 0. The number of hydrogen-bond acceptors (Lipinski definition) is 2. The third-order valence-electron chi connectivity index (χ3n) is 1.45. The first-order valence-corrected chi connectivity index (χ1v) is 4.02. The van der Waals surface area contributed by atoms with E-state index in [1.54, 1.807) is 6.07 Å². The number of hydrogen-bond donors (Lipinski definition) is 1. The van der Waals surface area contributed by atoms with Crippen LogP contribution in [0.4, 0.5) is 0 Å². The molecule has 0 heterocycles. The first-order chi connectivity index (χ1) is 5.69. The zero-order chi connectivity index (χ0) is 9.14. The maximum absolute atomic E-state index is 8.63. The molecule has 0 saturated heterocycles. The molecule has 0 amide bonds. The van der Waals surface area contributed by atoms with Crippen LogP contribution in [0.5, 0.6) is 0 Å². The van der Waals surface area contributed by atoms with Gasteiger partial charge < -0.3 is 5.73 Å². The minimum absolute atomic E-state index is 0.286. The Morgan fingerprint density at radius 2 is 2.08 bits per heavy atom. The molecule has 12 heavy (non-hydrogen) atoms. The summed E-state index contributed by atoms with van der Waals surface area (Å²) in [4.78, 5) is 0. The Bertz CT molecular complexity index is 342. The van der Waals surface area contributed by atoms with E-state index in [1.807, 2.05) is 6.07 Å². The minimum Gasteiger partial charge on any atom is -0.326 e. The Balaban J connectivity index is 3.34. The van der Waals surface area contributed by atoms with Gasteiger partial charge in [-0.2, -0.15) is 5.26 Å². The summed E-state index contributed by atoms with van der Waals surface area (Å²) in [6.07, 6.45) is 0. The lowest BCUT2D eigenvalue weighted by Gasteiger charge is -2.02. The summed E-state index contributed by atoms with van der Waals surface area (Å²) in [5, 5.41) is 9.50. The monoisotopic (exact) mass is 200 g/mol. The molecule has 0 atom stereocenters. The molecule has 0 aliphatic heterocycles. The molecule has 2 N–H and O–H groups in total. The first kappa shape index (κ1) is 9.34. The van der Waals surface area contributed by atoms with Crippen molar-refractivity contribution in [1.29, 1.82) is 5.26 Å². The fraction of sp³-hybridized carbons (Fsp3) is 0.125. The second kappa shape index (κ2) is 3.77. The van der Waals surface area contributed by atoms with Crippen molar-refractivity contribution in [2.24, 2.45) is 5.73 Å². The van der Waals surface area contributed by atoms with Gasteiger partial charge in [-0.1, -0.05) is 23.2 Å². The molecule has 0 aromatic heterocycles. The Kier molecular flexibility index (Phi) is 2.93. The summed E-state index contributed by atoms with van der Waals surface area (Å²) in [7, 11) is 0. The number of halogens is 2. The summed E-state index contributed by atoms with van der Waals surface area (Å²) >= 11 is 11.5. The fourth-order valence-corrected chi connectivity index (χ4v) is 1.34. The van der Waals surface area contributed by atoms with Gasteiger partial charge in [-0.15, -0.1) is 0 Å². The SMILES string of the molecule is N#Cc1cc(Cl)cc(CN)c1Cl. The Labute approximate surface area is 80.5 Å². The van der Waals surface area contributed by atoms with Crippen molar-refractivity contribution >= 4 is 23.2 Å². The van der Waals surface area contributed by atoms with Crippen molar-refractivity contribution in [3.8, 4) is 6.07 Å². The van der Waals surface area contributed by atoms with Gasteiger partial charge in [0.15, 0.2) is 0 Å². The second-order valence-corrected chi connectivity index (χ2v) is 3.06. The lowest BCUT2D eigenvalue weighted by molar-refractivity contribution is 1.07. The van der Waals surface area contributed by atoms with E-state index in [4.69, 9.17) is 34.2 Å². The van der Waals surface area contributed by atoms with Gasteiger partial charge in [0, 0.05) is 11.6 Å². The van der Waals surface area contributed by atoms with Crippen molar-refractivity contribution in [2.45, 2.75) is 6.54 Å². The van der Waals surface area contributed by atoms with Crippen molar-refractivity contribution in [3.63, 3.8) is 0 Å². The van der Waals surface area contributed by atoms with Crippen LogP contribution in [0.3, 0.4) is 0 Å². The van der Waals surface area contributed by atoms with Gasteiger partial charge in [0.2, 0.25) is 0 Å². The van der Waals surface area contributed by atoms with Crippen molar-refractivity contribution in [1.82, 2.24) is 0 Å². The highest BCUT2D eigenvalue weighted by molar-refractivity contribution is 6.34. The molecular weight excluding hydrogens is 195 g/mol. The van der Waals surface area contributed by atoms with Crippen molar-refractivity contribution in [3.05, 3.63) is 33.3 Å². The molecule has 62 valence electrons. The van der Waals surface area contributed by atoms with Crippen LogP contribution in [0.2, 0.25) is 10.0 Å². The number of nitrogens with zero attached hydrogens (tertiary/aromatic N) is 1. The number of benzene rings is 1. The minimum atomic E-state index is 0.286. The Hall–Kier alpha value is -0.750. The van der Waals surface area contributed by atoms with Crippen LogP contribution in [-0.4, -0.2) is 0 Å². The summed E-state index contributed by atoms with van der Waals surface area (Å²) < 4.78 is 0. The molecule has 0 aliphatic carbocycles. The third-order valence-corrected chi connectivity index (χ3v) is 2.12. The molecule has 0 spiro atoms. The summed E-state index contributed by atoms with van der Waals surface area (Å²) in [6, 6.07) is 5.11. The average molecular weight is 201 g/mol. The fourth-order valence-electron chi connectivity index (χ4n) is 0.876. The van der Waals surface area contributed by atoms with Crippen molar-refractivity contribution < 1.29 is 0 Å². The quantitative estimate of drug-likeness (QED) is 0.757. The van der Waals surface area contributed by atoms with E-state index in [2.05, 4.69) is 0 Å². The second-order valence-electron chi connectivity index (χ2n) is 2.24. The van der Waals surface area contributed by atoms with Gasteiger partial charge >= 0.3 is 0 Å². The molecule has 0 unspecified atom stereocenters. The van der Waals surface area contributed by atoms with Crippen LogP contribution < -0.4 is 5.73 Å². The molecule has 2 nitrogen and oxygen atoms in total. The lowest BCUT2D eigenvalue weighted by atomic mass is 10.1. The molecule has 1 aromatic carbocycles. The van der Waals surface area contributed by atoms with Crippen LogP contribution in [0, 0.1) is 11.3 Å². The van der Waals surface area contributed by atoms with Gasteiger partial charge in [0.25, 0.3) is 0 Å². The van der Waals surface area contributed by atoms with Crippen LogP contribution in [0.1, 0.15) is 11.1 Å². The maximum atomic E-state index is 8.63. The van der Waals surface area contributed by atoms with E-state index in [9.17, 15) is 0 Å². The van der Waals surface area contributed by atoms with E-state index in [0.29, 0.717) is 21.2 Å². The molecule has 0 saturated carbocycles. The smallest absolute Gasteiger partial charge is 0.101 e. The number of nitrogens with two attached hydrogens (primary N) is 1. The van der Waals surface area contributed by atoms with Crippen LogP contribution in [0.25, 0.3) is 0 Å². The molecule has 1 rings (SSSR count). The number of nitriles is 1. The molecular formula is C8H6Cl2N2. The van der Waals surface area contributed by atoms with E-state index in [0.717, 1.165) is 0 Å². The van der Waals surface area contributed by atoms with Gasteiger partial charge in [-0.05, 0) is 17.7 Å². The molecule has 1 aromatic rings. The zero-order valence-corrected chi connectivity index (χ0v) is 7.65. The molecule has 0 aliphatic rings. The summed E-state index contributed by atoms with van der Waals surface area (Å²) in [5.41, 5.74) is 6.45. The summed E-state index contributed by atoms with van der Waals surface area (Å²) in [6.45, 7) is 0.286. The standard InChI is InChI=1S/C8H6Cl2N2/c9-7-1-5(3-11)8(10)6(2-7)4-12/h1-2H,3,11H2. The van der Waals surface area contributed by atoms with Gasteiger partial charge in [0.05, 0.1) is 10.6 Å². The van der Waals surface area contributed by atoms with E-state index in [-0.39, 0.29) is 6.54 Å². The van der Waals surface area contributed by atoms with Gasteiger partial charge in [0.1, 0.15) is 6.07 Å². The molecule has 0 bridgehead atoms. The predicted molar refractivity (Wildman–Crippen MR) is 49.1 cm³/mol. The Morgan fingerprint density at radius 3 is 2.58 bits per heavy atom. The number of rotatable bonds is 1. The van der Waals surface area contributed by atoms with Crippen molar-refractivity contribution in [2.75, 3.05) is 0 Å². The van der Waals surface area contributed by atoms with Crippen LogP contribution in [-0.2, 0) is 6.54 Å².